The van der Waals surface area contributed by atoms with Crippen LogP contribution in [0.5, 0.6) is 0 Å². The number of aromatic nitrogens is 2. The van der Waals surface area contributed by atoms with E-state index in [4.69, 9.17) is 4.74 Å². The van der Waals surface area contributed by atoms with Gasteiger partial charge in [0.15, 0.2) is 5.13 Å². The molecular formula is C25H33F2N5O2S. The van der Waals surface area contributed by atoms with E-state index in [1.54, 1.807) is 6.20 Å². The number of likely N-dealkylation sites (tertiary alicyclic amines) is 1. The SMILES string of the molecule is O=C(NCc1ncc(F)cc1F)c1cnc(N2CCC(N3CCC[C@H](OCC4CCC4)C3)CC2)s1. The summed E-state index contributed by atoms with van der Waals surface area (Å²) in [4.78, 5) is 26.0. The largest absolute Gasteiger partial charge is 0.377 e. The number of rotatable bonds is 8. The number of hydrogen-bond acceptors (Lipinski definition) is 7. The molecular weight excluding hydrogens is 472 g/mol. The summed E-state index contributed by atoms with van der Waals surface area (Å²) in [6.45, 7) is 4.85. The molecule has 7 nitrogen and oxygen atoms in total. The number of piperidine rings is 2. The smallest absolute Gasteiger partial charge is 0.263 e. The molecule has 2 aromatic rings. The number of nitrogens with one attached hydrogen (secondary N) is 1. The van der Waals surface area contributed by atoms with Crippen LogP contribution < -0.4 is 10.2 Å². The molecule has 3 aliphatic rings. The normalized spacial score (nSPS) is 22.2. The molecule has 1 amide bonds. The van der Waals surface area contributed by atoms with E-state index in [0.29, 0.717) is 17.0 Å². The van der Waals surface area contributed by atoms with E-state index < -0.39 is 11.6 Å². The van der Waals surface area contributed by atoms with Gasteiger partial charge in [-0.05, 0) is 51.0 Å². The second kappa shape index (κ2) is 11.3. The number of ether oxygens (including phenoxy) is 1. The molecule has 0 unspecified atom stereocenters. The van der Waals surface area contributed by atoms with Crippen molar-refractivity contribution in [1.29, 1.82) is 0 Å². The minimum Gasteiger partial charge on any atom is -0.377 e. The van der Waals surface area contributed by atoms with Crippen molar-refractivity contribution in [3.8, 4) is 0 Å². The number of halogens is 2. The standard InChI is InChI=1S/C25H33F2N5O2S/c26-18-11-21(27)22(28-12-18)13-29-24(33)23-14-30-25(35-23)31-9-6-19(7-10-31)32-8-2-5-20(15-32)34-16-17-3-1-4-17/h11-12,14,17,19-20H,1-10,13,15-16H2,(H,29,33)/t20-/m0/s1. The van der Waals surface area contributed by atoms with Crippen molar-refractivity contribution in [2.75, 3.05) is 37.7 Å². The van der Waals surface area contributed by atoms with Crippen LogP contribution in [0.4, 0.5) is 13.9 Å². The van der Waals surface area contributed by atoms with Crippen molar-refractivity contribution in [3.63, 3.8) is 0 Å². The van der Waals surface area contributed by atoms with Crippen LogP contribution in [0, 0.1) is 17.6 Å². The van der Waals surface area contributed by atoms with Crippen molar-refractivity contribution in [2.24, 2.45) is 5.92 Å². The van der Waals surface area contributed by atoms with Gasteiger partial charge in [-0.2, -0.15) is 0 Å². The maximum absolute atomic E-state index is 13.7. The number of thiazole rings is 1. The Morgan fingerprint density at radius 2 is 1.91 bits per heavy atom. The Bertz CT molecular complexity index is 1010. The zero-order valence-electron chi connectivity index (χ0n) is 19.9. The molecule has 5 rings (SSSR count). The quantitative estimate of drug-likeness (QED) is 0.585. The first kappa shape index (κ1) is 24.5. The molecule has 1 saturated carbocycles. The van der Waals surface area contributed by atoms with Crippen LogP contribution in [0.25, 0.3) is 0 Å². The third kappa shape index (κ3) is 6.16. The minimum atomic E-state index is -0.775. The lowest BCUT2D eigenvalue weighted by Crippen LogP contribution is -2.50. The highest BCUT2D eigenvalue weighted by Gasteiger charge is 2.31. The summed E-state index contributed by atoms with van der Waals surface area (Å²) in [5.41, 5.74) is -0.0000456. The lowest BCUT2D eigenvalue weighted by atomic mass is 9.86. The third-order valence-electron chi connectivity index (χ3n) is 7.47. The van der Waals surface area contributed by atoms with Gasteiger partial charge >= 0.3 is 0 Å². The maximum Gasteiger partial charge on any atom is 0.263 e. The average Bonchev–Trinajstić information content (AvgIpc) is 3.33. The Morgan fingerprint density at radius 1 is 1.09 bits per heavy atom. The second-order valence-electron chi connectivity index (χ2n) is 9.88. The first-order valence-electron chi connectivity index (χ1n) is 12.7. The van der Waals surface area contributed by atoms with Crippen LogP contribution in [0.2, 0.25) is 0 Å². The topological polar surface area (TPSA) is 70.6 Å². The van der Waals surface area contributed by atoms with E-state index in [0.717, 1.165) is 68.9 Å². The van der Waals surface area contributed by atoms with E-state index in [-0.39, 0.29) is 18.1 Å². The van der Waals surface area contributed by atoms with Crippen molar-refractivity contribution in [2.45, 2.75) is 63.6 Å². The zero-order chi connectivity index (χ0) is 24.2. The summed E-state index contributed by atoms with van der Waals surface area (Å²) in [7, 11) is 0. The summed E-state index contributed by atoms with van der Waals surface area (Å²) >= 11 is 1.34. The molecule has 3 fully saturated rings. The Kier molecular flexibility index (Phi) is 7.89. The molecule has 1 atom stereocenters. The van der Waals surface area contributed by atoms with E-state index >= 15 is 0 Å². The number of nitrogens with zero attached hydrogens (tertiary/aromatic N) is 4. The average molecular weight is 506 g/mol. The van der Waals surface area contributed by atoms with Crippen LogP contribution in [-0.2, 0) is 11.3 Å². The monoisotopic (exact) mass is 505 g/mol. The Hall–Kier alpha value is -2.17. The molecule has 2 aliphatic heterocycles. The molecule has 0 bridgehead atoms. The third-order valence-corrected chi connectivity index (χ3v) is 8.53. The summed E-state index contributed by atoms with van der Waals surface area (Å²) in [5.74, 6) is -1.07. The van der Waals surface area contributed by atoms with E-state index in [9.17, 15) is 13.6 Å². The van der Waals surface area contributed by atoms with Crippen LogP contribution in [-0.4, -0.2) is 65.7 Å². The van der Waals surface area contributed by atoms with Crippen molar-refractivity contribution >= 4 is 22.4 Å². The fourth-order valence-electron chi connectivity index (χ4n) is 5.13. The predicted molar refractivity (Wildman–Crippen MR) is 131 cm³/mol. The highest BCUT2D eigenvalue weighted by atomic mass is 32.1. The van der Waals surface area contributed by atoms with Gasteiger partial charge in [0, 0.05) is 38.3 Å². The fraction of sp³-hybridized carbons (Fsp3) is 0.640. The van der Waals surface area contributed by atoms with Gasteiger partial charge in [0.05, 0.1) is 30.7 Å². The van der Waals surface area contributed by atoms with Gasteiger partial charge in [-0.15, -0.1) is 0 Å². The van der Waals surface area contributed by atoms with Crippen LogP contribution in [0.3, 0.4) is 0 Å². The van der Waals surface area contributed by atoms with Gasteiger partial charge in [-0.3, -0.25) is 14.7 Å². The fourth-order valence-corrected chi connectivity index (χ4v) is 6.01. The van der Waals surface area contributed by atoms with Gasteiger partial charge in [0.2, 0.25) is 0 Å². The Labute approximate surface area is 208 Å². The number of amides is 1. The van der Waals surface area contributed by atoms with Crippen molar-refractivity contribution < 1.29 is 18.3 Å². The molecule has 0 aromatic carbocycles. The molecule has 1 N–H and O–H groups in total. The molecule has 10 heteroatoms. The molecule has 4 heterocycles. The summed E-state index contributed by atoms with van der Waals surface area (Å²) in [5, 5.41) is 3.47. The number of carbonyl (C=O) groups is 1. The summed E-state index contributed by atoms with van der Waals surface area (Å²) in [6, 6.07) is 1.33. The highest BCUT2D eigenvalue weighted by Crippen LogP contribution is 2.30. The Morgan fingerprint density at radius 3 is 2.66 bits per heavy atom. The van der Waals surface area contributed by atoms with Crippen LogP contribution in [0.15, 0.2) is 18.5 Å². The van der Waals surface area contributed by atoms with E-state index in [1.165, 1.54) is 43.4 Å². The van der Waals surface area contributed by atoms with Gasteiger partial charge < -0.3 is 15.0 Å². The molecule has 2 saturated heterocycles. The van der Waals surface area contributed by atoms with Crippen molar-refractivity contribution in [3.05, 3.63) is 40.7 Å². The Balaban J connectivity index is 1.08. The molecule has 2 aromatic heterocycles. The highest BCUT2D eigenvalue weighted by molar-refractivity contribution is 7.17. The second-order valence-corrected chi connectivity index (χ2v) is 10.9. The first-order chi connectivity index (χ1) is 17.0. The van der Waals surface area contributed by atoms with Gasteiger partial charge in [-0.1, -0.05) is 17.8 Å². The lowest BCUT2D eigenvalue weighted by molar-refractivity contribution is -0.0384. The van der Waals surface area contributed by atoms with Gasteiger partial charge in [-0.25, -0.2) is 13.8 Å². The van der Waals surface area contributed by atoms with Gasteiger partial charge in [0.1, 0.15) is 16.5 Å². The van der Waals surface area contributed by atoms with E-state index in [2.05, 4.69) is 25.1 Å². The number of pyridine rings is 1. The van der Waals surface area contributed by atoms with Crippen molar-refractivity contribution in [1.82, 2.24) is 20.2 Å². The lowest BCUT2D eigenvalue weighted by Gasteiger charge is -2.42. The number of carbonyl (C=O) groups excluding carboxylic acids is 1. The first-order valence-corrected chi connectivity index (χ1v) is 13.5. The molecule has 35 heavy (non-hydrogen) atoms. The molecule has 1 aliphatic carbocycles. The van der Waals surface area contributed by atoms with Gasteiger partial charge in [0.25, 0.3) is 5.91 Å². The number of anilines is 1. The zero-order valence-corrected chi connectivity index (χ0v) is 20.7. The number of hydrogen-bond donors (Lipinski definition) is 1. The summed E-state index contributed by atoms with van der Waals surface area (Å²) in [6.07, 6.45) is 11.4. The molecule has 0 spiro atoms. The predicted octanol–water partition coefficient (Wildman–Crippen LogP) is 4.00. The molecule has 0 radical (unpaired) electrons. The molecule has 190 valence electrons. The van der Waals surface area contributed by atoms with Crippen LogP contribution in [0.1, 0.15) is 60.3 Å². The minimum absolute atomic E-state index is 0.0000456. The van der Waals surface area contributed by atoms with E-state index in [1.807, 2.05) is 0 Å². The maximum atomic E-state index is 13.7. The van der Waals surface area contributed by atoms with Crippen LogP contribution >= 0.6 is 11.3 Å². The summed E-state index contributed by atoms with van der Waals surface area (Å²) < 4.78 is 33.0.